The van der Waals surface area contributed by atoms with Crippen molar-refractivity contribution in [2.45, 2.75) is 25.2 Å². The van der Waals surface area contributed by atoms with E-state index in [4.69, 9.17) is 0 Å². The fourth-order valence-corrected chi connectivity index (χ4v) is 2.22. The highest BCUT2D eigenvalue weighted by molar-refractivity contribution is 5.51. The Morgan fingerprint density at radius 1 is 1.00 bits per heavy atom. The molecule has 0 amide bonds. The molecule has 116 valence electrons. The molecule has 0 fully saturated rings. The van der Waals surface area contributed by atoms with Crippen molar-refractivity contribution in [3.05, 3.63) is 54.1 Å². The van der Waals surface area contributed by atoms with Gasteiger partial charge >= 0.3 is 0 Å². The minimum absolute atomic E-state index is 0.337. The molecular weight excluding hydrogens is 282 g/mol. The summed E-state index contributed by atoms with van der Waals surface area (Å²) in [5.74, 6) is -6.28. The average molecular weight is 301 g/mol. The normalized spacial score (nSPS) is 12.1. The van der Waals surface area contributed by atoms with Gasteiger partial charge in [-0.05, 0) is 19.3 Å². The summed E-state index contributed by atoms with van der Waals surface area (Å²) in [6.07, 6.45) is 4.55. The number of rotatable bonds is 7. The minimum Gasteiger partial charge on any atom is -0.373 e. The Morgan fingerprint density at radius 2 is 1.52 bits per heavy atom. The van der Waals surface area contributed by atoms with E-state index in [-0.39, 0.29) is 0 Å². The average Bonchev–Trinajstić information content (AvgIpc) is 2.43. The Bertz CT molecular complexity index is 509. The van der Waals surface area contributed by atoms with E-state index < -0.39 is 40.4 Å². The maximum atomic E-state index is 14.1. The molecule has 21 heavy (non-hydrogen) atoms. The van der Waals surface area contributed by atoms with Gasteiger partial charge in [-0.1, -0.05) is 12.2 Å². The zero-order valence-corrected chi connectivity index (χ0v) is 12.2. The molecule has 1 atom stereocenters. The first-order valence-corrected chi connectivity index (χ1v) is 6.63. The van der Waals surface area contributed by atoms with Gasteiger partial charge in [-0.2, -0.15) is 0 Å². The second kappa shape index (κ2) is 7.29. The van der Waals surface area contributed by atoms with Gasteiger partial charge in [-0.3, -0.25) is 0 Å². The van der Waals surface area contributed by atoms with Crippen LogP contribution >= 0.6 is 0 Å². The molecule has 0 aromatic heterocycles. The molecule has 1 aromatic carbocycles. The van der Waals surface area contributed by atoms with Crippen molar-refractivity contribution in [1.29, 1.82) is 0 Å². The molecule has 5 heteroatoms. The number of halogens is 4. The third-order valence-electron chi connectivity index (χ3n) is 3.30. The third kappa shape index (κ3) is 3.46. The summed E-state index contributed by atoms with van der Waals surface area (Å²) in [6, 6.07) is 0. The van der Waals surface area contributed by atoms with Gasteiger partial charge in [-0.15, -0.1) is 13.2 Å². The van der Waals surface area contributed by atoms with Crippen LogP contribution in [-0.4, -0.2) is 14.1 Å². The van der Waals surface area contributed by atoms with Crippen LogP contribution in [-0.2, 0) is 0 Å². The molecular formula is C16H19F4N. The van der Waals surface area contributed by atoms with Crippen molar-refractivity contribution in [2.75, 3.05) is 19.0 Å². The number of benzene rings is 1. The molecule has 0 saturated heterocycles. The van der Waals surface area contributed by atoms with E-state index in [1.807, 2.05) is 0 Å². The molecule has 1 nitrogen and oxygen atoms in total. The summed E-state index contributed by atoms with van der Waals surface area (Å²) in [6.45, 7) is 7.05. The van der Waals surface area contributed by atoms with Crippen LogP contribution < -0.4 is 4.90 Å². The largest absolute Gasteiger partial charge is 0.373 e. The fraction of sp³-hybridized carbons (Fsp3) is 0.375. The maximum Gasteiger partial charge on any atom is 0.185 e. The predicted molar refractivity (Wildman–Crippen MR) is 77.6 cm³/mol. The van der Waals surface area contributed by atoms with Gasteiger partial charge in [-0.25, -0.2) is 17.6 Å². The lowest BCUT2D eigenvalue weighted by Gasteiger charge is -2.20. The summed E-state index contributed by atoms with van der Waals surface area (Å²) in [5.41, 5.74) is -1.32. The monoisotopic (exact) mass is 301 g/mol. The van der Waals surface area contributed by atoms with Crippen LogP contribution in [0.4, 0.5) is 23.2 Å². The number of unbranched alkanes of at least 4 members (excludes halogenated alkanes) is 1. The highest BCUT2D eigenvalue weighted by atomic mass is 19.2. The Labute approximate surface area is 122 Å². The maximum absolute atomic E-state index is 14.1. The Balaban J connectivity index is 3.35. The summed E-state index contributed by atoms with van der Waals surface area (Å²) in [4.78, 5) is 1.00. The standard InChI is InChI=1S/C16H19F4N/c1-5-7-8-9-10(6-2)11-12(17)14(19)16(21(3)4)15(20)13(11)18/h5-6,10H,1-2,7-9H2,3-4H3. The van der Waals surface area contributed by atoms with Crippen LogP contribution in [0.25, 0.3) is 0 Å². The number of hydrogen-bond acceptors (Lipinski definition) is 1. The second-order valence-electron chi connectivity index (χ2n) is 4.97. The van der Waals surface area contributed by atoms with E-state index in [2.05, 4.69) is 13.2 Å². The van der Waals surface area contributed by atoms with Crippen molar-refractivity contribution in [3.63, 3.8) is 0 Å². The molecule has 1 aromatic rings. The Kier molecular flexibility index (Phi) is 6.00. The van der Waals surface area contributed by atoms with Crippen molar-refractivity contribution in [1.82, 2.24) is 0 Å². The first-order valence-electron chi connectivity index (χ1n) is 6.63. The van der Waals surface area contributed by atoms with Crippen molar-refractivity contribution < 1.29 is 17.6 Å². The van der Waals surface area contributed by atoms with Gasteiger partial charge in [0.15, 0.2) is 23.3 Å². The molecule has 0 radical (unpaired) electrons. The number of nitrogens with zero attached hydrogens (tertiary/aromatic N) is 1. The van der Waals surface area contributed by atoms with Gasteiger partial charge in [0, 0.05) is 25.6 Å². The van der Waals surface area contributed by atoms with E-state index in [1.54, 1.807) is 6.08 Å². The highest BCUT2D eigenvalue weighted by Gasteiger charge is 2.29. The van der Waals surface area contributed by atoms with Gasteiger partial charge in [0.05, 0.1) is 0 Å². The van der Waals surface area contributed by atoms with Crippen molar-refractivity contribution in [2.24, 2.45) is 0 Å². The van der Waals surface area contributed by atoms with Crippen molar-refractivity contribution in [3.8, 4) is 0 Å². The van der Waals surface area contributed by atoms with Crippen LogP contribution in [0.5, 0.6) is 0 Å². The first kappa shape index (κ1) is 17.3. The molecule has 0 spiro atoms. The summed E-state index contributed by atoms with van der Waals surface area (Å²) in [5, 5.41) is 0. The fourth-order valence-electron chi connectivity index (χ4n) is 2.22. The van der Waals surface area contributed by atoms with Crippen LogP contribution in [0.2, 0.25) is 0 Å². The smallest absolute Gasteiger partial charge is 0.185 e. The molecule has 0 bridgehead atoms. The van der Waals surface area contributed by atoms with Gasteiger partial charge in [0.2, 0.25) is 0 Å². The third-order valence-corrected chi connectivity index (χ3v) is 3.30. The molecule has 0 aliphatic rings. The summed E-state index contributed by atoms with van der Waals surface area (Å²) in [7, 11) is 2.63. The number of allylic oxidation sites excluding steroid dienone is 2. The molecule has 0 aliphatic carbocycles. The van der Waals surface area contributed by atoms with Gasteiger partial charge < -0.3 is 4.90 Å². The number of hydrogen-bond donors (Lipinski definition) is 0. The van der Waals surface area contributed by atoms with Crippen LogP contribution in [0, 0.1) is 23.3 Å². The number of anilines is 1. The molecule has 1 rings (SSSR count). The molecule has 0 saturated carbocycles. The Hall–Kier alpha value is -1.78. The van der Waals surface area contributed by atoms with Crippen LogP contribution in [0.3, 0.4) is 0 Å². The Morgan fingerprint density at radius 3 is 1.90 bits per heavy atom. The molecule has 0 heterocycles. The van der Waals surface area contributed by atoms with E-state index >= 15 is 0 Å². The molecule has 0 aliphatic heterocycles. The lowest BCUT2D eigenvalue weighted by Crippen LogP contribution is -2.18. The van der Waals surface area contributed by atoms with Gasteiger partial charge in [0.25, 0.3) is 0 Å². The summed E-state index contributed by atoms with van der Waals surface area (Å²) >= 11 is 0. The highest BCUT2D eigenvalue weighted by Crippen LogP contribution is 2.35. The quantitative estimate of drug-likeness (QED) is 0.298. The topological polar surface area (TPSA) is 3.24 Å². The van der Waals surface area contributed by atoms with E-state index in [0.717, 1.165) is 4.90 Å². The zero-order chi connectivity index (χ0) is 16.2. The molecule has 1 unspecified atom stereocenters. The second-order valence-corrected chi connectivity index (χ2v) is 4.97. The molecule has 0 N–H and O–H groups in total. The van der Waals surface area contributed by atoms with E-state index in [0.29, 0.717) is 19.3 Å². The first-order chi connectivity index (χ1) is 9.86. The van der Waals surface area contributed by atoms with Crippen LogP contribution in [0.15, 0.2) is 25.3 Å². The predicted octanol–water partition coefficient (Wildman–Crippen LogP) is 4.93. The van der Waals surface area contributed by atoms with Crippen LogP contribution in [0.1, 0.15) is 30.7 Å². The SMILES string of the molecule is C=CCCCC(C=C)c1c(F)c(F)c(N(C)C)c(F)c1F. The summed E-state index contributed by atoms with van der Waals surface area (Å²) < 4.78 is 56.2. The van der Waals surface area contributed by atoms with E-state index in [9.17, 15) is 17.6 Å². The van der Waals surface area contributed by atoms with E-state index in [1.165, 1.54) is 20.2 Å². The lowest BCUT2D eigenvalue weighted by atomic mass is 9.92. The lowest BCUT2D eigenvalue weighted by molar-refractivity contribution is 0.431. The van der Waals surface area contributed by atoms with Gasteiger partial charge in [0.1, 0.15) is 5.69 Å². The van der Waals surface area contributed by atoms with Crippen molar-refractivity contribution >= 4 is 5.69 Å². The zero-order valence-electron chi connectivity index (χ0n) is 12.2. The minimum atomic E-state index is -1.38.